The van der Waals surface area contributed by atoms with E-state index in [2.05, 4.69) is 26.0 Å². The second-order valence-corrected chi connectivity index (χ2v) is 8.96. The number of aryl methyl sites for hydroxylation is 1. The first-order chi connectivity index (χ1) is 18.5. The van der Waals surface area contributed by atoms with Gasteiger partial charge in [-0.15, -0.1) is 0 Å². The van der Waals surface area contributed by atoms with Crippen molar-refractivity contribution in [3.05, 3.63) is 82.2 Å². The smallest absolute Gasteiger partial charge is 0.460 e. The molecular formula is C27H28N8O3. The van der Waals surface area contributed by atoms with Crippen molar-refractivity contribution in [3.63, 3.8) is 0 Å². The average molecular weight is 513 g/mol. The lowest BCUT2D eigenvalue weighted by Gasteiger charge is -2.10. The van der Waals surface area contributed by atoms with Crippen molar-refractivity contribution < 1.29 is 14.4 Å². The molecule has 3 aromatic carbocycles. The lowest BCUT2D eigenvalue weighted by Crippen LogP contribution is -2.44. The molecule has 5 rings (SSSR count). The predicted molar refractivity (Wildman–Crippen MR) is 144 cm³/mol. The monoisotopic (exact) mass is 512 g/mol. The topological polar surface area (TPSA) is 146 Å². The maximum absolute atomic E-state index is 12.9. The van der Waals surface area contributed by atoms with E-state index < -0.39 is 0 Å². The van der Waals surface area contributed by atoms with Gasteiger partial charge in [-0.2, -0.15) is 0 Å². The standard InChI is InChI=1S/C27H28N8O3/c1-18-8-4-10-20-24(18)32-25-19(9-5-11-21(25)31-20)26(36)29-16-6-14-28-15-7-17-30-27-33-35(38)23-13-3-2-12-22(23)34(27)37/h2-5,8-13,28H,6-7,14-17H2,1H3,(H,29,36)(H,30,33). The van der Waals surface area contributed by atoms with E-state index in [9.17, 15) is 15.2 Å². The van der Waals surface area contributed by atoms with E-state index in [1.54, 1.807) is 30.3 Å². The summed E-state index contributed by atoms with van der Waals surface area (Å²) in [7, 11) is 0. The van der Waals surface area contributed by atoms with Crippen molar-refractivity contribution >= 4 is 45.0 Å². The fourth-order valence-electron chi connectivity index (χ4n) is 4.29. The van der Waals surface area contributed by atoms with Gasteiger partial charge in [0.25, 0.3) is 11.4 Å². The summed E-state index contributed by atoms with van der Waals surface area (Å²) < 4.78 is 0.630. The molecule has 0 unspecified atom stereocenters. The molecule has 1 amide bonds. The molecule has 0 saturated heterocycles. The second-order valence-electron chi connectivity index (χ2n) is 8.96. The van der Waals surface area contributed by atoms with Crippen LogP contribution in [0.2, 0.25) is 0 Å². The van der Waals surface area contributed by atoms with Crippen LogP contribution in [0.1, 0.15) is 28.8 Å². The molecule has 194 valence electrons. The van der Waals surface area contributed by atoms with E-state index in [1.165, 1.54) is 0 Å². The van der Waals surface area contributed by atoms with Crippen LogP contribution in [-0.2, 0) is 0 Å². The maximum Gasteiger partial charge on any atom is 0.460 e. The Bertz CT molecular complexity index is 1630. The number of rotatable bonds is 10. The number of carbonyl (C=O) groups is 1. The molecule has 0 saturated carbocycles. The van der Waals surface area contributed by atoms with Crippen LogP contribution < -0.4 is 25.5 Å². The Labute approximate surface area is 218 Å². The third-order valence-electron chi connectivity index (χ3n) is 6.25. The van der Waals surface area contributed by atoms with Crippen LogP contribution in [0.15, 0.2) is 60.7 Å². The van der Waals surface area contributed by atoms with Crippen molar-refractivity contribution in [3.8, 4) is 0 Å². The zero-order valence-corrected chi connectivity index (χ0v) is 21.0. The molecular weight excluding hydrogens is 484 g/mol. The molecule has 11 nitrogen and oxygen atoms in total. The molecule has 2 aromatic heterocycles. The largest absolute Gasteiger partial charge is 0.739 e. The van der Waals surface area contributed by atoms with Crippen molar-refractivity contribution in [2.75, 3.05) is 31.5 Å². The van der Waals surface area contributed by atoms with Crippen LogP contribution in [0.5, 0.6) is 0 Å². The minimum Gasteiger partial charge on any atom is -0.739 e. The van der Waals surface area contributed by atoms with E-state index in [0.29, 0.717) is 45.8 Å². The summed E-state index contributed by atoms with van der Waals surface area (Å²) in [5.74, 6) is -0.200. The molecule has 0 fully saturated rings. The van der Waals surface area contributed by atoms with Crippen molar-refractivity contribution in [2.45, 2.75) is 19.8 Å². The molecule has 0 aliphatic carbocycles. The molecule has 0 bridgehead atoms. The number of fused-ring (bicyclic) bond motifs is 3. The van der Waals surface area contributed by atoms with Crippen molar-refractivity contribution in [1.82, 2.24) is 25.7 Å². The van der Waals surface area contributed by atoms with E-state index >= 15 is 0 Å². The van der Waals surface area contributed by atoms with Crippen LogP contribution >= 0.6 is 0 Å². The number of nitrogens with zero attached hydrogens (tertiary/aromatic N) is 5. The van der Waals surface area contributed by atoms with Crippen LogP contribution in [0.3, 0.4) is 0 Å². The van der Waals surface area contributed by atoms with E-state index in [-0.39, 0.29) is 22.9 Å². The minimum atomic E-state index is -0.175. The number of nitrogens with one attached hydrogen (secondary N) is 3. The number of para-hydroxylation sites is 4. The zero-order valence-electron chi connectivity index (χ0n) is 21.0. The van der Waals surface area contributed by atoms with Gasteiger partial charge < -0.3 is 21.0 Å². The first kappa shape index (κ1) is 25.0. The Balaban J connectivity index is 1.06. The fraction of sp³-hybridized carbons (Fsp3) is 0.259. The third kappa shape index (κ3) is 5.23. The number of amides is 1. The van der Waals surface area contributed by atoms with Crippen LogP contribution in [0, 0.1) is 17.3 Å². The summed E-state index contributed by atoms with van der Waals surface area (Å²) in [5.41, 5.74) is 4.91. The lowest BCUT2D eigenvalue weighted by atomic mass is 10.1. The Morgan fingerprint density at radius 2 is 1.53 bits per heavy atom. The molecule has 38 heavy (non-hydrogen) atoms. The van der Waals surface area contributed by atoms with E-state index in [0.717, 1.165) is 36.0 Å². The number of aromatic nitrogens is 5. The van der Waals surface area contributed by atoms with Crippen LogP contribution in [0.25, 0.3) is 33.1 Å². The van der Waals surface area contributed by atoms with Crippen LogP contribution in [-0.4, -0.2) is 47.2 Å². The lowest BCUT2D eigenvalue weighted by molar-refractivity contribution is -0.672. The number of hydrogen-bond acceptors (Lipinski definition) is 8. The van der Waals surface area contributed by atoms with Gasteiger partial charge in [0.15, 0.2) is 5.52 Å². The van der Waals surface area contributed by atoms with Crippen molar-refractivity contribution in [1.29, 1.82) is 0 Å². The Morgan fingerprint density at radius 3 is 2.34 bits per heavy atom. The Kier molecular flexibility index (Phi) is 7.36. The van der Waals surface area contributed by atoms with Gasteiger partial charge in [-0.25, -0.2) is 14.7 Å². The fourth-order valence-corrected chi connectivity index (χ4v) is 4.29. The van der Waals surface area contributed by atoms with Crippen molar-refractivity contribution in [2.24, 2.45) is 0 Å². The van der Waals surface area contributed by atoms with E-state index in [1.807, 2.05) is 37.3 Å². The highest BCUT2D eigenvalue weighted by Gasteiger charge is 2.19. The maximum atomic E-state index is 12.9. The molecule has 0 aliphatic heterocycles. The summed E-state index contributed by atoms with van der Waals surface area (Å²) in [6, 6.07) is 17.8. The molecule has 3 N–H and O–H groups in total. The summed E-state index contributed by atoms with van der Waals surface area (Å²) in [5, 5.41) is 37.4. The highest BCUT2D eigenvalue weighted by Crippen LogP contribution is 2.21. The number of benzene rings is 3. The quantitative estimate of drug-likeness (QED) is 0.112. The van der Waals surface area contributed by atoms with Gasteiger partial charge in [0.1, 0.15) is 5.52 Å². The highest BCUT2D eigenvalue weighted by molar-refractivity contribution is 6.06. The first-order valence-corrected chi connectivity index (χ1v) is 12.5. The van der Waals surface area contributed by atoms with Gasteiger partial charge in [0, 0.05) is 17.5 Å². The normalized spacial score (nSPS) is 11.3. The second kappa shape index (κ2) is 11.2. The number of carbonyl (C=O) groups excluding carboxylic acids is 1. The van der Waals surface area contributed by atoms with Gasteiger partial charge in [0.05, 0.1) is 28.7 Å². The summed E-state index contributed by atoms with van der Waals surface area (Å²) in [4.78, 5) is 22.7. The molecule has 0 aliphatic rings. The zero-order chi connectivity index (χ0) is 26.5. The summed E-state index contributed by atoms with van der Waals surface area (Å²) >= 11 is 0. The Hall–Kier alpha value is -4.64. The predicted octanol–water partition coefficient (Wildman–Crippen LogP) is 2.12. The average Bonchev–Trinajstić information content (AvgIpc) is 2.93. The van der Waals surface area contributed by atoms with Crippen LogP contribution in [0.4, 0.5) is 5.95 Å². The summed E-state index contributed by atoms with van der Waals surface area (Å²) in [6.45, 7) is 4.40. The minimum absolute atomic E-state index is 0.0253. The molecule has 0 spiro atoms. The SMILES string of the molecule is Cc1cccc2nc3cccc(C(=O)NCCCNCCCNc4n[n+]([O-])c5ccccc5[n+]4[O-])c3nc12. The third-order valence-corrected chi connectivity index (χ3v) is 6.25. The van der Waals surface area contributed by atoms with E-state index in [4.69, 9.17) is 4.98 Å². The number of hydrogen-bond donors (Lipinski definition) is 3. The Morgan fingerprint density at radius 1 is 0.816 bits per heavy atom. The number of anilines is 1. The first-order valence-electron chi connectivity index (χ1n) is 12.5. The molecule has 5 aromatic rings. The molecule has 2 heterocycles. The molecule has 0 radical (unpaired) electrons. The molecule has 11 heteroatoms. The van der Waals surface area contributed by atoms with Gasteiger partial charge in [0.2, 0.25) is 5.10 Å². The van der Waals surface area contributed by atoms with Gasteiger partial charge in [-0.3, -0.25) is 10.1 Å². The van der Waals surface area contributed by atoms with Gasteiger partial charge in [-0.05, 0) is 62.7 Å². The molecule has 0 atom stereocenters. The van der Waals surface area contributed by atoms with Gasteiger partial charge >= 0.3 is 5.95 Å². The highest BCUT2D eigenvalue weighted by atomic mass is 16.5. The van der Waals surface area contributed by atoms with Gasteiger partial charge in [-0.1, -0.05) is 30.3 Å². The summed E-state index contributed by atoms with van der Waals surface area (Å²) in [6.07, 6.45) is 1.47.